The fraction of sp³-hybridized carbons (Fsp3) is 0.0667. The highest BCUT2D eigenvalue weighted by Crippen LogP contribution is 2.25. The number of aromatic nitrogens is 4. The summed E-state index contributed by atoms with van der Waals surface area (Å²) in [5.74, 6) is 0. The molecule has 0 aliphatic rings. The maximum Gasteiger partial charge on any atom is 0.325 e. The van der Waals surface area contributed by atoms with Crippen LogP contribution >= 0.6 is 11.3 Å². The molecule has 0 radical (unpaired) electrons. The van der Waals surface area contributed by atoms with Gasteiger partial charge < -0.3 is 5.32 Å². The standard InChI is InChI=1S/C15H12N6OS/c1-9-6-13-16-7-10(8-21(13)20-9)17-14(22)19-15-18-11-4-2-3-5-12(11)23-15/h2-8H,1H3,(H2,17,18,19,22). The Balaban J connectivity index is 1.51. The second-order valence-electron chi connectivity index (χ2n) is 5.00. The van der Waals surface area contributed by atoms with Crippen LogP contribution in [0.3, 0.4) is 0 Å². The van der Waals surface area contributed by atoms with E-state index in [0.29, 0.717) is 10.8 Å². The smallest absolute Gasteiger partial charge is 0.305 e. The largest absolute Gasteiger partial charge is 0.325 e. The maximum absolute atomic E-state index is 12.1. The summed E-state index contributed by atoms with van der Waals surface area (Å²) in [6.07, 6.45) is 3.31. The third-order valence-electron chi connectivity index (χ3n) is 3.21. The van der Waals surface area contributed by atoms with Crippen molar-refractivity contribution in [3.8, 4) is 0 Å². The van der Waals surface area contributed by atoms with E-state index in [1.807, 2.05) is 37.3 Å². The van der Waals surface area contributed by atoms with Gasteiger partial charge >= 0.3 is 6.03 Å². The predicted molar refractivity (Wildman–Crippen MR) is 90.0 cm³/mol. The van der Waals surface area contributed by atoms with Crippen molar-refractivity contribution in [2.45, 2.75) is 6.92 Å². The van der Waals surface area contributed by atoms with Crippen LogP contribution in [0.25, 0.3) is 15.9 Å². The molecule has 114 valence electrons. The summed E-state index contributed by atoms with van der Waals surface area (Å²) in [4.78, 5) is 20.7. The lowest BCUT2D eigenvalue weighted by Gasteiger charge is -2.05. The van der Waals surface area contributed by atoms with E-state index in [1.54, 1.807) is 16.9 Å². The van der Waals surface area contributed by atoms with Crippen LogP contribution in [-0.2, 0) is 0 Å². The van der Waals surface area contributed by atoms with E-state index in [0.717, 1.165) is 21.6 Å². The lowest BCUT2D eigenvalue weighted by Crippen LogP contribution is -2.19. The van der Waals surface area contributed by atoms with Crippen LogP contribution in [-0.4, -0.2) is 25.6 Å². The van der Waals surface area contributed by atoms with Gasteiger partial charge in [0, 0.05) is 6.07 Å². The summed E-state index contributed by atoms with van der Waals surface area (Å²) < 4.78 is 2.65. The molecular formula is C15H12N6OS. The Morgan fingerprint density at radius 1 is 1.26 bits per heavy atom. The summed E-state index contributed by atoms with van der Waals surface area (Å²) in [6.45, 7) is 1.89. The number of hydrogen-bond acceptors (Lipinski definition) is 5. The molecule has 3 heterocycles. The van der Waals surface area contributed by atoms with Gasteiger partial charge in [0.1, 0.15) is 0 Å². The van der Waals surface area contributed by atoms with Gasteiger partial charge in [0.15, 0.2) is 10.8 Å². The van der Waals surface area contributed by atoms with Crippen molar-refractivity contribution in [3.05, 3.63) is 48.4 Å². The molecule has 0 aliphatic carbocycles. The number of para-hydroxylation sites is 1. The van der Waals surface area contributed by atoms with E-state index in [1.165, 1.54) is 11.3 Å². The number of aryl methyl sites for hydroxylation is 1. The molecule has 0 saturated carbocycles. The van der Waals surface area contributed by atoms with E-state index in [9.17, 15) is 4.79 Å². The van der Waals surface area contributed by atoms with Crippen LogP contribution < -0.4 is 10.6 Å². The second kappa shape index (κ2) is 5.33. The number of urea groups is 1. The molecule has 2 amide bonds. The van der Waals surface area contributed by atoms with Crippen molar-refractivity contribution in [1.82, 2.24) is 19.6 Å². The second-order valence-corrected chi connectivity index (χ2v) is 6.03. The van der Waals surface area contributed by atoms with Gasteiger partial charge in [-0.3, -0.25) is 5.32 Å². The van der Waals surface area contributed by atoms with Crippen molar-refractivity contribution in [2.24, 2.45) is 0 Å². The minimum Gasteiger partial charge on any atom is -0.305 e. The topological polar surface area (TPSA) is 84.2 Å². The Morgan fingerprint density at radius 2 is 2.13 bits per heavy atom. The van der Waals surface area contributed by atoms with E-state index >= 15 is 0 Å². The average molecular weight is 324 g/mol. The lowest BCUT2D eigenvalue weighted by atomic mass is 10.3. The molecule has 0 saturated heterocycles. The molecule has 0 unspecified atom stereocenters. The Bertz CT molecular complexity index is 988. The van der Waals surface area contributed by atoms with Crippen molar-refractivity contribution in [1.29, 1.82) is 0 Å². The van der Waals surface area contributed by atoms with Crippen molar-refractivity contribution < 1.29 is 4.79 Å². The van der Waals surface area contributed by atoms with Gasteiger partial charge in [0.25, 0.3) is 0 Å². The molecule has 0 spiro atoms. The summed E-state index contributed by atoms with van der Waals surface area (Å²) in [5.41, 5.74) is 3.02. The van der Waals surface area contributed by atoms with E-state index in [-0.39, 0.29) is 6.03 Å². The number of anilines is 2. The number of hydrogen-bond donors (Lipinski definition) is 2. The fourth-order valence-corrected chi connectivity index (χ4v) is 3.11. The number of nitrogens with one attached hydrogen (secondary N) is 2. The maximum atomic E-state index is 12.1. The molecule has 0 bridgehead atoms. The van der Waals surface area contributed by atoms with E-state index in [2.05, 4.69) is 25.7 Å². The van der Waals surface area contributed by atoms with Crippen molar-refractivity contribution in [2.75, 3.05) is 10.6 Å². The Kier molecular flexibility index (Phi) is 3.16. The molecule has 1 aromatic carbocycles. The summed E-state index contributed by atoms with van der Waals surface area (Å²) in [7, 11) is 0. The Labute approximate surface area is 135 Å². The van der Waals surface area contributed by atoms with Gasteiger partial charge in [0.05, 0.1) is 34.0 Å². The highest BCUT2D eigenvalue weighted by atomic mass is 32.1. The van der Waals surface area contributed by atoms with Gasteiger partial charge in [0.2, 0.25) is 0 Å². The first-order valence-electron chi connectivity index (χ1n) is 6.93. The minimum atomic E-state index is -0.367. The molecule has 0 atom stereocenters. The Hall–Kier alpha value is -3.00. The predicted octanol–water partition coefficient (Wildman–Crippen LogP) is 3.29. The summed E-state index contributed by atoms with van der Waals surface area (Å²) >= 11 is 1.43. The van der Waals surface area contributed by atoms with Gasteiger partial charge in [-0.15, -0.1) is 0 Å². The van der Waals surface area contributed by atoms with Crippen molar-refractivity contribution >= 4 is 44.1 Å². The van der Waals surface area contributed by atoms with Gasteiger partial charge in [-0.05, 0) is 19.1 Å². The first-order valence-corrected chi connectivity index (χ1v) is 7.75. The average Bonchev–Trinajstić information content (AvgIpc) is 3.07. The van der Waals surface area contributed by atoms with Crippen LogP contribution in [0, 0.1) is 6.92 Å². The van der Waals surface area contributed by atoms with Crippen LogP contribution in [0.1, 0.15) is 5.69 Å². The number of amides is 2. The molecule has 7 nitrogen and oxygen atoms in total. The number of carbonyl (C=O) groups excluding carboxylic acids is 1. The number of fused-ring (bicyclic) bond motifs is 2. The molecule has 23 heavy (non-hydrogen) atoms. The number of benzene rings is 1. The van der Waals surface area contributed by atoms with Crippen LogP contribution in [0.2, 0.25) is 0 Å². The van der Waals surface area contributed by atoms with Crippen LogP contribution in [0.4, 0.5) is 15.6 Å². The SMILES string of the molecule is Cc1cc2ncc(NC(=O)Nc3nc4ccccc4s3)cn2n1. The molecule has 4 aromatic rings. The zero-order chi connectivity index (χ0) is 15.8. The lowest BCUT2D eigenvalue weighted by molar-refractivity contribution is 0.262. The van der Waals surface area contributed by atoms with Gasteiger partial charge in [-0.2, -0.15) is 5.10 Å². The van der Waals surface area contributed by atoms with E-state index < -0.39 is 0 Å². The third kappa shape index (κ3) is 2.71. The van der Waals surface area contributed by atoms with Crippen LogP contribution in [0.15, 0.2) is 42.7 Å². The van der Waals surface area contributed by atoms with Gasteiger partial charge in [-0.1, -0.05) is 23.5 Å². The highest BCUT2D eigenvalue weighted by Gasteiger charge is 2.08. The van der Waals surface area contributed by atoms with Gasteiger partial charge in [-0.25, -0.2) is 19.3 Å². The monoisotopic (exact) mass is 324 g/mol. The molecule has 3 aromatic heterocycles. The zero-order valence-electron chi connectivity index (χ0n) is 12.1. The molecular weight excluding hydrogens is 312 g/mol. The van der Waals surface area contributed by atoms with E-state index in [4.69, 9.17) is 0 Å². The fourth-order valence-electron chi connectivity index (χ4n) is 2.24. The first-order chi connectivity index (χ1) is 11.2. The Morgan fingerprint density at radius 3 is 3.00 bits per heavy atom. The van der Waals surface area contributed by atoms with Crippen molar-refractivity contribution in [3.63, 3.8) is 0 Å². The number of nitrogens with zero attached hydrogens (tertiary/aromatic N) is 4. The number of carbonyl (C=O) groups is 1. The summed E-state index contributed by atoms with van der Waals surface area (Å²) in [6, 6.07) is 9.23. The third-order valence-corrected chi connectivity index (χ3v) is 4.16. The number of rotatable bonds is 2. The molecule has 8 heteroatoms. The zero-order valence-corrected chi connectivity index (χ0v) is 13.0. The van der Waals surface area contributed by atoms with Crippen LogP contribution in [0.5, 0.6) is 0 Å². The molecule has 2 N–H and O–H groups in total. The highest BCUT2D eigenvalue weighted by molar-refractivity contribution is 7.22. The molecule has 0 aliphatic heterocycles. The number of thiazole rings is 1. The molecule has 0 fully saturated rings. The minimum absolute atomic E-state index is 0.367. The first kappa shape index (κ1) is 13.6. The normalized spacial score (nSPS) is 11.0. The summed E-state index contributed by atoms with van der Waals surface area (Å²) in [5, 5.41) is 10.3. The quantitative estimate of drug-likeness (QED) is 0.592. The molecule has 4 rings (SSSR count).